The Morgan fingerprint density at radius 1 is 0.370 bits per heavy atom. The van der Waals surface area contributed by atoms with E-state index in [1.165, 1.54) is 43.6 Å². The van der Waals surface area contributed by atoms with Crippen molar-refractivity contribution in [2.45, 2.75) is 0 Å². The molecule has 0 atom stereocenters. The van der Waals surface area contributed by atoms with Crippen molar-refractivity contribution in [2.24, 2.45) is 0 Å². The average molecular weight is 588 g/mol. The molecule has 0 aliphatic rings. The van der Waals surface area contributed by atoms with Crippen LogP contribution in [0.3, 0.4) is 0 Å². The third-order valence-corrected chi connectivity index (χ3v) is 9.09. The first-order valence-electron chi connectivity index (χ1n) is 15.5. The lowest BCUT2D eigenvalue weighted by Gasteiger charge is -2.10. The van der Waals surface area contributed by atoms with Gasteiger partial charge in [-0.2, -0.15) is 0 Å². The van der Waals surface area contributed by atoms with E-state index < -0.39 is 0 Å². The molecule has 0 aliphatic carbocycles. The van der Waals surface area contributed by atoms with Crippen LogP contribution in [0.2, 0.25) is 0 Å². The topological polar surface area (TPSA) is 48.0 Å². The lowest BCUT2D eigenvalue weighted by Crippen LogP contribution is -2.00. The molecule has 0 amide bonds. The summed E-state index contributed by atoms with van der Waals surface area (Å²) >= 11 is 0. The predicted molar refractivity (Wildman–Crippen MR) is 188 cm³/mol. The molecule has 5 aromatic carbocycles. The van der Waals surface area contributed by atoms with Gasteiger partial charge in [0.2, 0.25) is 0 Å². The third-order valence-electron chi connectivity index (χ3n) is 9.09. The number of hydrogen-bond acceptors (Lipinski definition) is 3. The minimum Gasteiger partial charge on any atom is -0.307 e. The quantitative estimate of drug-likeness (QED) is 0.206. The van der Waals surface area contributed by atoms with Crippen LogP contribution >= 0.6 is 0 Å². The molecule has 0 radical (unpaired) electrons. The molecule has 0 aliphatic heterocycles. The fourth-order valence-electron chi connectivity index (χ4n) is 7.12. The van der Waals surface area contributed by atoms with Gasteiger partial charge in [0.15, 0.2) is 17.5 Å². The van der Waals surface area contributed by atoms with Gasteiger partial charge < -0.3 is 8.97 Å². The van der Waals surface area contributed by atoms with E-state index in [-0.39, 0.29) is 0 Å². The van der Waals surface area contributed by atoms with E-state index in [0.29, 0.717) is 17.5 Å². The first-order chi connectivity index (χ1) is 22.8. The Balaban J connectivity index is 1.31. The van der Waals surface area contributed by atoms with Crippen LogP contribution in [0, 0.1) is 0 Å². The largest absolute Gasteiger partial charge is 0.307 e. The van der Waals surface area contributed by atoms with Crippen molar-refractivity contribution in [1.29, 1.82) is 0 Å². The van der Waals surface area contributed by atoms with Crippen molar-refractivity contribution in [1.82, 2.24) is 23.9 Å². The normalized spacial score (nSPS) is 11.9. The molecule has 5 heteroatoms. The van der Waals surface area contributed by atoms with E-state index in [1.807, 2.05) is 60.7 Å². The minimum atomic E-state index is 0.650. The Kier molecular flexibility index (Phi) is 5.22. The number of rotatable bonds is 4. The number of aromatic nitrogens is 5. The van der Waals surface area contributed by atoms with E-state index in [1.54, 1.807) is 0 Å². The van der Waals surface area contributed by atoms with Crippen LogP contribution in [0.5, 0.6) is 0 Å². The maximum Gasteiger partial charge on any atom is 0.164 e. The molecule has 214 valence electrons. The van der Waals surface area contributed by atoms with Crippen molar-refractivity contribution in [3.05, 3.63) is 152 Å². The van der Waals surface area contributed by atoms with E-state index >= 15 is 0 Å². The van der Waals surface area contributed by atoms with Crippen LogP contribution in [0.25, 0.3) is 89.0 Å². The summed E-state index contributed by atoms with van der Waals surface area (Å²) in [5.41, 5.74) is 10.0. The zero-order valence-electron chi connectivity index (χ0n) is 24.7. The summed E-state index contributed by atoms with van der Waals surface area (Å²) in [5.74, 6) is 1.96. The maximum atomic E-state index is 5.04. The second-order valence-corrected chi connectivity index (χ2v) is 11.7. The highest BCUT2D eigenvalue weighted by Gasteiger charge is 2.24. The molecule has 0 unspecified atom stereocenters. The summed E-state index contributed by atoms with van der Waals surface area (Å²) < 4.78 is 4.85. The van der Waals surface area contributed by atoms with E-state index in [4.69, 9.17) is 15.0 Å². The average Bonchev–Trinajstić information content (AvgIpc) is 3.77. The van der Waals surface area contributed by atoms with E-state index in [2.05, 4.69) is 100.0 Å². The number of benzene rings is 5. The Hall–Kier alpha value is -6.33. The smallest absolute Gasteiger partial charge is 0.164 e. The number of para-hydroxylation sites is 1. The molecule has 0 N–H and O–H groups in total. The van der Waals surface area contributed by atoms with Crippen LogP contribution < -0.4 is 0 Å². The highest BCUT2D eigenvalue weighted by Crippen LogP contribution is 2.45. The van der Waals surface area contributed by atoms with Crippen molar-refractivity contribution in [2.75, 3.05) is 0 Å². The van der Waals surface area contributed by atoms with Crippen molar-refractivity contribution in [3.63, 3.8) is 0 Å². The van der Waals surface area contributed by atoms with Crippen LogP contribution in [0.1, 0.15) is 0 Å². The van der Waals surface area contributed by atoms with Gasteiger partial charge in [-0.1, -0.05) is 109 Å². The molecule has 0 spiro atoms. The summed E-state index contributed by atoms with van der Waals surface area (Å²) in [7, 11) is 0. The Labute approximate surface area is 264 Å². The molecule has 46 heavy (non-hydrogen) atoms. The molecule has 5 nitrogen and oxygen atoms in total. The van der Waals surface area contributed by atoms with Crippen LogP contribution in [0.4, 0.5) is 0 Å². The predicted octanol–water partition coefficient (Wildman–Crippen LogP) is 9.97. The third kappa shape index (κ3) is 3.54. The summed E-state index contributed by atoms with van der Waals surface area (Å²) in [4.78, 5) is 15.0. The molecule has 0 saturated carbocycles. The number of pyridine rings is 1. The first-order valence-corrected chi connectivity index (χ1v) is 15.5. The molecule has 0 fully saturated rings. The molecule has 0 bridgehead atoms. The zero-order chi connectivity index (χ0) is 30.2. The van der Waals surface area contributed by atoms with Gasteiger partial charge in [-0.05, 0) is 42.5 Å². The Morgan fingerprint density at radius 2 is 0.935 bits per heavy atom. The van der Waals surface area contributed by atoms with E-state index in [0.717, 1.165) is 27.9 Å². The number of nitrogens with zero attached hydrogens (tertiary/aromatic N) is 5. The van der Waals surface area contributed by atoms with Gasteiger partial charge in [0.05, 0.1) is 27.6 Å². The van der Waals surface area contributed by atoms with Gasteiger partial charge >= 0.3 is 0 Å². The van der Waals surface area contributed by atoms with Crippen LogP contribution in [-0.4, -0.2) is 23.9 Å². The van der Waals surface area contributed by atoms with Crippen molar-refractivity contribution >= 4 is 49.1 Å². The van der Waals surface area contributed by atoms with Gasteiger partial charge in [0, 0.05) is 43.9 Å². The van der Waals surface area contributed by atoms with Gasteiger partial charge in [-0.15, -0.1) is 0 Å². The highest BCUT2D eigenvalue weighted by atomic mass is 15.0. The van der Waals surface area contributed by atoms with Crippen LogP contribution in [0.15, 0.2) is 152 Å². The van der Waals surface area contributed by atoms with Gasteiger partial charge in [0.1, 0.15) is 0 Å². The number of hydrogen-bond donors (Lipinski definition) is 0. The van der Waals surface area contributed by atoms with Crippen molar-refractivity contribution in [3.8, 4) is 39.9 Å². The Bertz CT molecular complexity index is 2670. The molecule has 10 rings (SSSR count). The highest BCUT2D eigenvalue weighted by molar-refractivity contribution is 6.29. The minimum absolute atomic E-state index is 0.650. The SMILES string of the molecule is c1ccc(-c2nc(-c3ccccc3)nc(-c3ccc4c(c3)c3c(c5c6ccccc6c6cccc3n65)n4-c3ccccc3)n2)cc1. The van der Waals surface area contributed by atoms with Gasteiger partial charge in [-0.25, -0.2) is 15.0 Å². The molecule has 5 aromatic heterocycles. The molecular weight excluding hydrogens is 562 g/mol. The summed E-state index contributed by atoms with van der Waals surface area (Å²) in [5, 5.41) is 4.92. The summed E-state index contributed by atoms with van der Waals surface area (Å²) in [6.07, 6.45) is 0. The van der Waals surface area contributed by atoms with Gasteiger partial charge in [0.25, 0.3) is 0 Å². The summed E-state index contributed by atoms with van der Waals surface area (Å²) in [6.45, 7) is 0. The maximum absolute atomic E-state index is 5.04. The fourth-order valence-corrected chi connectivity index (χ4v) is 7.12. The standard InChI is InChI=1S/C41H25N5/c1-4-13-26(14-5-1)39-42-40(27-15-6-2-7-16-27)44-41(43-39)28-23-24-34-32(25-28)36-35-22-12-21-33-30-19-10-11-20-31(30)37(46(33)35)38(36)45(34)29-17-8-3-9-18-29/h1-25H. The lowest BCUT2D eigenvalue weighted by molar-refractivity contribution is 1.07. The summed E-state index contributed by atoms with van der Waals surface area (Å²) in [6, 6.07) is 52.9. The van der Waals surface area contributed by atoms with Crippen molar-refractivity contribution < 1.29 is 0 Å². The monoisotopic (exact) mass is 587 g/mol. The molecular formula is C41H25N5. The first kappa shape index (κ1) is 25.0. The number of fused-ring (bicyclic) bond motifs is 8. The zero-order valence-corrected chi connectivity index (χ0v) is 24.7. The second-order valence-electron chi connectivity index (χ2n) is 11.7. The Morgan fingerprint density at radius 3 is 1.61 bits per heavy atom. The van der Waals surface area contributed by atoms with E-state index in [9.17, 15) is 0 Å². The van der Waals surface area contributed by atoms with Gasteiger partial charge in [-0.3, -0.25) is 0 Å². The second kappa shape index (κ2) is 9.58. The fraction of sp³-hybridized carbons (Fsp3) is 0. The lowest BCUT2D eigenvalue weighted by atomic mass is 10.1. The molecule has 0 saturated heterocycles. The van der Waals surface area contributed by atoms with Crippen LogP contribution in [-0.2, 0) is 0 Å². The molecule has 10 aromatic rings. The molecule has 5 heterocycles.